The molecule has 0 N–H and O–H groups in total. The quantitative estimate of drug-likeness (QED) is 0.759. The molecule has 3 rings (SSSR count). The topological polar surface area (TPSA) is 39.4 Å². The Hall–Kier alpha value is -2.03. The SMILES string of the molecule is O=C(c1ccc2c(c1)CCCCO2)c1ccco1. The van der Waals surface area contributed by atoms with E-state index in [1.807, 2.05) is 12.1 Å². The van der Waals surface area contributed by atoms with E-state index in [9.17, 15) is 4.79 Å². The van der Waals surface area contributed by atoms with Gasteiger partial charge in [0.2, 0.25) is 5.78 Å². The maximum atomic E-state index is 12.1. The maximum Gasteiger partial charge on any atom is 0.228 e. The maximum absolute atomic E-state index is 12.1. The van der Waals surface area contributed by atoms with Crippen molar-refractivity contribution in [2.45, 2.75) is 19.3 Å². The molecular formula is C15H14O3. The third-order valence-corrected chi connectivity index (χ3v) is 3.17. The standard InChI is InChI=1S/C15H14O3/c16-15(14-5-3-9-18-14)12-6-7-13-11(10-12)4-1-2-8-17-13/h3,5-7,9-10H,1-2,4,8H2. The average molecular weight is 242 g/mol. The van der Waals surface area contributed by atoms with Crippen LogP contribution in [0.25, 0.3) is 0 Å². The highest BCUT2D eigenvalue weighted by molar-refractivity contribution is 6.07. The fourth-order valence-electron chi connectivity index (χ4n) is 2.21. The van der Waals surface area contributed by atoms with Crippen molar-refractivity contribution >= 4 is 5.78 Å². The van der Waals surface area contributed by atoms with Gasteiger partial charge in [-0.15, -0.1) is 0 Å². The highest BCUT2D eigenvalue weighted by atomic mass is 16.5. The Morgan fingerprint density at radius 2 is 2.11 bits per heavy atom. The largest absolute Gasteiger partial charge is 0.493 e. The van der Waals surface area contributed by atoms with E-state index in [1.54, 1.807) is 18.2 Å². The number of fused-ring (bicyclic) bond motifs is 1. The van der Waals surface area contributed by atoms with Gasteiger partial charge in [0.05, 0.1) is 12.9 Å². The second kappa shape index (κ2) is 4.69. The first-order valence-corrected chi connectivity index (χ1v) is 6.18. The van der Waals surface area contributed by atoms with Gasteiger partial charge in [0.1, 0.15) is 5.75 Å². The fourth-order valence-corrected chi connectivity index (χ4v) is 2.21. The van der Waals surface area contributed by atoms with Gasteiger partial charge in [0, 0.05) is 5.56 Å². The van der Waals surface area contributed by atoms with Crippen LogP contribution >= 0.6 is 0 Å². The van der Waals surface area contributed by atoms with Crippen LogP contribution in [0, 0.1) is 0 Å². The molecule has 0 saturated heterocycles. The summed E-state index contributed by atoms with van der Waals surface area (Å²) >= 11 is 0. The molecule has 3 heteroatoms. The molecule has 1 aliphatic rings. The monoisotopic (exact) mass is 242 g/mol. The average Bonchev–Trinajstić information content (AvgIpc) is 2.83. The highest BCUT2D eigenvalue weighted by Crippen LogP contribution is 2.26. The fraction of sp³-hybridized carbons (Fsp3) is 0.267. The normalized spacial score (nSPS) is 14.4. The minimum Gasteiger partial charge on any atom is -0.493 e. The van der Waals surface area contributed by atoms with Crippen molar-refractivity contribution in [2.24, 2.45) is 0 Å². The smallest absolute Gasteiger partial charge is 0.228 e. The first kappa shape index (κ1) is 11.1. The highest BCUT2D eigenvalue weighted by Gasteiger charge is 2.15. The number of hydrogen-bond acceptors (Lipinski definition) is 3. The van der Waals surface area contributed by atoms with E-state index in [0.717, 1.165) is 37.2 Å². The van der Waals surface area contributed by atoms with Crippen molar-refractivity contribution in [3.63, 3.8) is 0 Å². The second-order valence-corrected chi connectivity index (χ2v) is 4.43. The van der Waals surface area contributed by atoms with Crippen molar-refractivity contribution in [1.82, 2.24) is 0 Å². The predicted octanol–water partition coefficient (Wildman–Crippen LogP) is 3.23. The lowest BCUT2D eigenvalue weighted by atomic mass is 10.0. The van der Waals surface area contributed by atoms with Crippen molar-refractivity contribution in [3.8, 4) is 5.75 Å². The van der Waals surface area contributed by atoms with Gasteiger partial charge in [-0.1, -0.05) is 0 Å². The summed E-state index contributed by atoms with van der Waals surface area (Å²) in [5.74, 6) is 1.21. The van der Waals surface area contributed by atoms with Crippen LogP contribution in [0.3, 0.4) is 0 Å². The van der Waals surface area contributed by atoms with Crippen molar-refractivity contribution in [1.29, 1.82) is 0 Å². The third kappa shape index (κ3) is 2.04. The summed E-state index contributed by atoms with van der Waals surface area (Å²) < 4.78 is 10.8. The van der Waals surface area contributed by atoms with Crippen LogP contribution in [0.1, 0.15) is 34.5 Å². The van der Waals surface area contributed by atoms with Gasteiger partial charge in [-0.25, -0.2) is 0 Å². The molecule has 0 atom stereocenters. The third-order valence-electron chi connectivity index (χ3n) is 3.17. The van der Waals surface area contributed by atoms with Gasteiger partial charge in [-0.2, -0.15) is 0 Å². The first-order chi connectivity index (χ1) is 8.84. The lowest BCUT2D eigenvalue weighted by Crippen LogP contribution is -2.01. The lowest BCUT2D eigenvalue weighted by Gasteiger charge is -2.08. The molecule has 0 spiro atoms. The molecule has 0 unspecified atom stereocenters. The lowest BCUT2D eigenvalue weighted by molar-refractivity contribution is 0.101. The molecule has 18 heavy (non-hydrogen) atoms. The van der Waals surface area contributed by atoms with E-state index in [-0.39, 0.29) is 5.78 Å². The number of hydrogen-bond donors (Lipinski definition) is 0. The summed E-state index contributed by atoms with van der Waals surface area (Å²) in [5, 5.41) is 0. The Bertz CT molecular complexity index is 555. The first-order valence-electron chi connectivity index (χ1n) is 6.18. The Labute approximate surface area is 105 Å². The molecule has 2 heterocycles. The Balaban J connectivity index is 1.94. The zero-order chi connectivity index (χ0) is 12.4. The van der Waals surface area contributed by atoms with Crippen LogP contribution in [0.4, 0.5) is 0 Å². The van der Waals surface area contributed by atoms with Gasteiger partial charge in [0.25, 0.3) is 0 Å². The molecule has 3 nitrogen and oxygen atoms in total. The zero-order valence-corrected chi connectivity index (χ0v) is 10.0. The summed E-state index contributed by atoms with van der Waals surface area (Å²) in [7, 11) is 0. The van der Waals surface area contributed by atoms with Gasteiger partial charge in [-0.05, 0) is 55.2 Å². The van der Waals surface area contributed by atoms with Crippen LogP contribution in [-0.2, 0) is 6.42 Å². The number of rotatable bonds is 2. The van der Waals surface area contributed by atoms with Gasteiger partial charge in [0.15, 0.2) is 5.76 Å². The second-order valence-electron chi connectivity index (χ2n) is 4.43. The molecule has 1 aromatic carbocycles. The van der Waals surface area contributed by atoms with Crippen LogP contribution in [-0.4, -0.2) is 12.4 Å². The molecule has 1 aromatic heterocycles. The van der Waals surface area contributed by atoms with Gasteiger partial charge < -0.3 is 9.15 Å². The Morgan fingerprint density at radius 1 is 1.17 bits per heavy atom. The van der Waals surface area contributed by atoms with E-state index >= 15 is 0 Å². The molecule has 1 aliphatic heterocycles. The van der Waals surface area contributed by atoms with E-state index in [2.05, 4.69) is 0 Å². The molecule has 0 bridgehead atoms. The van der Waals surface area contributed by atoms with E-state index < -0.39 is 0 Å². The molecule has 0 radical (unpaired) electrons. The van der Waals surface area contributed by atoms with E-state index in [0.29, 0.717) is 11.3 Å². The Kier molecular flexibility index (Phi) is 2.89. The summed E-state index contributed by atoms with van der Waals surface area (Å²) in [6, 6.07) is 9.02. The van der Waals surface area contributed by atoms with E-state index in [1.165, 1.54) is 6.26 Å². The number of furan rings is 1. The van der Waals surface area contributed by atoms with Crippen LogP contribution in [0.2, 0.25) is 0 Å². The molecular weight excluding hydrogens is 228 g/mol. The molecule has 92 valence electrons. The summed E-state index contributed by atoms with van der Waals surface area (Å²) in [5.41, 5.74) is 1.78. The van der Waals surface area contributed by atoms with Crippen LogP contribution < -0.4 is 4.74 Å². The number of carbonyl (C=O) groups excluding carboxylic acids is 1. The van der Waals surface area contributed by atoms with Crippen LogP contribution in [0.15, 0.2) is 41.0 Å². The number of benzene rings is 1. The van der Waals surface area contributed by atoms with Crippen molar-refractivity contribution in [3.05, 3.63) is 53.5 Å². The Morgan fingerprint density at radius 3 is 2.94 bits per heavy atom. The minimum atomic E-state index is -0.0768. The van der Waals surface area contributed by atoms with Gasteiger partial charge >= 0.3 is 0 Å². The van der Waals surface area contributed by atoms with Crippen molar-refractivity contribution in [2.75, 3.05) is 6.61 Å². The zero-order valence-electron chi connectivity index (χ0n) is 10.0. The van der Waals surface area contributed by atoms with Crippen LogP contribution in [0.5, 0.6) is 5.75 Å². The number of carbonyl (C=O) groups is 1. The molecule has 0 amide bonds. The molecule has 0 fully saturated rings. The summed E-state index contributed by atoms with van der Waals surface area (Å²) in [6.45, 7) is 0.762. The van der Waals surface area contributed by atoms with Gasteiger partial charge in [-0.3, -0.25) is 4.79 Å². The minimum absolute atomic E-state index is 0.0768. The number of aryl methyl sites for hydroxylation is 1. The number of ketones is 1. The number of ether oxygens (including phenoxy) is 1. The van der Waals surface area contributed by atoms with Crippen molar-refractivity contribution < 1.29 is 13.9 Å². The molecule has 2 aromatic rings. The van der Waals surface area contributed by atoms with E-state index in [4.69, 9.17) is 9.15 Å². The molecule has 0 aliphatic carbocycles. The summed E-state index contributed by atoms with van der Waals surface area (Å²) in [6.07, 6.45) is 4.65. The summed E-state index contributed by atoms with van der Waals surface area (Å²) in [4.78, 5) is 12.1. The predicted molar refractivity (Wildman–Crippen MR) is 67.0 cm³/mol. The molecule has 0 saturated carbocycles.